The molecule has 19 heavy (non-hydrogen) atoms. The van der Waals surface area contributed by atoms with Crippen molar-refractivity contribution >= 4 is 17.7 Å². The third kappa shape index (κ3) is 3.86. The summed E-state index contributed by atoms with van der Waals surface area (Å²) < 4.78 is 11.4. The van der Waals surface area contributed by atoms with Gasteiger partial charge >= 0.3 is 5.97 Å². The van der Waals surface area contributed by atoms with Crippen LogP contribution in [0.15, 0.2) is 0 Å². The van der Waals surface area contributed by atoms with Gasteiger partial charge in [0.15, 0.2) is 0 Å². The highest BCUT2D eigenvalue weighted by molar-refractivity contribution is 7.99. The molecule has 0 aromatic rings. The van der Waals surface area contributed by atoms with Crippen LogP contribution in [0.3, 0.4) is 0 Å². The maximum atomic E-state index is 12.1. The Kier molecular flexibility index (Phi) is 4.48. The van der Waals surface area contributed by atoms with E-state index in [9.17, 15) is 4.79 Å². The van der Waals surface area contributed by atoms with E-state index in [1.165, 1.54) is 0 Å². The first kappa shape index (κ1) is 15.1. The van der Waals surface area contributed by atoms with E-state index in [1.807, 2.05) is 32.5 Å². The van der Waals surface area contributed by atoms with Crippen LogP contribution in [0, 0.1) is 5.92 Å². The normalized spacial score (nSPS) is 33.4. The Morgan fingerprint density at radius 2 is 2.26 bits per heavy atom. The molecule has 2 fully saturated rings. The number of carbonyl (C=O) groups is 1. The highest BCUT2D eigenvalue weighted by Crippen LogP contribution is 2.41. The zero-order valence-electron chi connectivity index (χ0n) is 12.1. The molecule has 0 aromatic carbocycles. The molecule has 110 valence electrons. The second-order valence-corrected chi connectivity index (χ2v) is 7.75. The van der Waals surface area contributed by atoms with Crippen LogP contribution in [0.5, 0.6) is 0 Å². The largest absolute Gasteiger partial charge is 0.459 e. The predicted octanol–water partition coefficient (Wildman–Crippen LogP) is 1.96. The van der Waals surface area contributed by atoms with Crippen LogP contribution in [-0.4, -0.2) is 41.3 Å². The average Bonchev–Trinajstić information content (AvgIpc) is 2.74. The minimum absolute atomic E-state index is 0.0345. The van der Waals surface area contributed by atoms with E-state index in [-0.39, 0.29) is 17.5 Å². The summed E-state index contributed by atoms with van der Waals surface area (Å²) in [6, 6.07) is -0.523. The zero-order chi connectivity index (χ0) is 14.1. The molecule has 2 rings (SSSR count). The summed E-state index contributed by atoms with van der Waals surface area (Å²) in [6.07, 6.45) is 2.82. The van der Waals surface area contributed by atoms with Gasteiger partial charge < -0.3 is 15.2 Å². The van der Waals surface area contributed by atoms with Crippen LogP contribution >= 0.6 is 11.8 Å². The third-order valence-corrected chi connectivity index (χ3v) is 5.01. The van der Waals surface area contributed by atoms with Crippen LogP contribution < -0.4 is 5.73 Å². The van der Waals surface area contributed by atoms with Crippen molar-refractivity contribution < 1.29 is 14.3 Å². The Labute approximate surface area is 119 Å². The van der Waals surface area contributed by atoms with Crippen molar-refractivity contribution in [2.24, 2.45) is 11.7 Å². The minimum atomic E-state index is -0.523. The van der Waals surface area contributed by atoms with Crippen molar-refractivity contribution in [2.75, 3.05) is 18.1 Å². The van der Waals surface area contributed by atoms with Gasteiger partial charge in [0.25, 0.3) is 0 Å². The van der Waals surface area contributed by atoms with Gasteiger partial charge in [0.1, 0.15) is 11.6 Å². The average molecular weight is 287 g/mol. The molecule has 3 atom stereocenters. The lowest BCUT2D eigenvalue weighted by atomic mass is 9.81. The SMILES string of the molecule is CC(C)(C)OC(=O)C(N)C1CCOC2(CCSC2)C1. The first-order chi connectivity index (χ1) is 8.81. The lowest BCUT2D eigenvalue weighted by molar-refractivity contribution is -0.160. The van der Waals surface area contributed by atoms with Crippen LogP contribution in [-0.2, 0) is 14.3 Å². The summed E-state index contributed by atoms with van der Waals surface area (Å²) in [6.45, 7) is 6.33. The molecule has 1 spiro atoms. The summed E-state index contributed by atoms with van der Waals surface area (Å²) in [7, 11) is 0. The number of thioether (sulfide) groups is 1. The quantitative estimate of drug-likeness (QED) is 0.787. The van der Waals surface area contributed by atoms with E-state index in [4.69, 9.17) is 15.2 Å². The fraction of sp³-hybridized carbons (Fsp3) is 0.929. The van der Waals surface area contributed by atoms with Gasteiger partial charge in [0, 0.05) is 12.4 Å². The number of ether oxygens (including phenoxy) is 2. The van der Waals surface area contributed by atoms with E-state index in [0.29, 0.717) is 6.61 Å². The van der Waals surface area contributed by atoms with E-state index >= 15 is 0 Å². The maximum absolute atomic E-state index is 12.1. The molecule has 5 heteroatoms. The van der Waals surface area contributed by atoms with Crippen LogP contribution in [0.2, 0.25) is 0 Å². The Hall–Kier alpha value is -0.260. The Balaban J connectivity index is 1.95. The molecule has 0 bridgehead atoms. The van der Waals surface area contributed by atoms with Crippen LogP contribution in [0.25, 0.3) is 0 Å². The van der Waals surface area contributed by atoms with E-state index < -0.39 is 11.6 Å². The molecule has 0 saturated carbocycles. The fourth-order valence-corrected chi connectivity index (χ4v) is 4.18. The molecule has 0 aromatic heterocycles. The summed E-state index contributed by atoms with van der Waals surface area (Å²) in [5.74, 6) is 2.08. The van der Waals surface area contributed by atoms with Crippen molar-refractivity contribution in [1.29, 1.82) is 0 Å². The highest BCUT2D eigenvalue weighted by atomic mass is 32.2. The standard InChI is InChI=1S/C14H25NO3S/c1-13(2,3)18-12(16)11(15)10-4-6-17-14(8-10)5-7-19-9-14/h10-11H,4-9,15H2,1-3H3. The molecule has 0 radical (unpaired) electrons. The summed E-state index contributed by atoms with van der Waals surface area (Å²) in [4.78, 5) is 12.1. The van der Waals surface area contributed by atoms with Crippen LogP contribution in [0.1, 0.15) is 40.0 Å². The maximum Gasteiger partial charge on any atom is 0.323 e. The molecule has 2 saturated heterocycles. The first-order valence-electron chi connectivity index (χ1n) is 7.02. The highest BCUT2D eigenvalue weighted by Gasteiger charge is 2.43. The van der Waals surface area contributed by atoms with Gasteiger partial charge in [-0.3, -0.25) is 4.79 Å². The Bertz CT molecular complexity index is 334. The number of carbonyl (C=O) groups excluding carboxylic acids is 1. The summed E-state index contributed by atoms with van der Waals surface area (Å²) in [5, 5.41) is 0. The monoisotopic (exact) mass is 287 g/mol. The van der Waals surface area contributed by atoms with Crippen LogP contribution in [0.4, 0.5) is 0 Å². The van der Waals surface area contributed by atoms with Crippen molar-refractivity contribution in [1.82, 2.24) is 0 Å². The second-order valence-electron chi connectivity index (χ2n) is 6.65. The van der Waals surface area contributed by atoms with Gasteiger partial charge in [-0.2, -0.15) is 11.8 Å². The second kappa shape index (κ2) is 5.62. The minimum Gasteiger partial charge on any atom is -0.459 e. The van der Waals surface area contributed by atoms with Gasteiger partial charge in [-0.1, -0.05) is 0 Å². The fourth-order valence-electron chi connectivity index (χ4n) is 2.80. The third-order valence-electron chi connectivity index (χ3n) is 3.79. The van der Waals surface area contributed by atoms with Gasteiger partial charge in [0.05, 0.1) is 5.60 Å². The van der Waals surface area contributed by atoms with Crippen molar-refractivity contribution in [3.63, 3.8) is 0 Å². The lowest BCUT2D eigenvalue weighted by Gasteiger charge is -2.39. The number of rotatable bonds is 2. The van der Waals surface area contributed by atoms with Gasteiger partial charge in [0.2, 0.25) is 0 Å². The molecule has 2 heterocycles. The molecular formula is C14H25NO3S. The molecule has 4 nitrogen and oxygen atoms in total. The Morgan fingerprint density at radius 1 is 1.53 bits per heavy atom. The lowest BCUT2D eigenvalue weighted by Crippen LogP contribution is -2.49. The number of nitrogens with two attached hydrogens (primary N) is 1. The smallest absolute Gasteiger partial charge is 0.323 e. The van der Waals surface area contributed by atoms with Crippen molar-refractivity contribution in [3.8, 4) is 0 Å². The molecular weight excluding hydrogens is 262 g/mol. The van der Waals surface area contributed by atoms with Crippen molar-refractivity contribution in [2.45, 2.75) is 57.3 Å². The first-order valence-corrected chi connectivity index (χ1v) is 8.17. The zero-order valence-corrected chi connectivity index (χ0v) is 12.9. The number of hydrogen-bond acceptors (Lipinski definition) is 5. The molecule has 2 aliphatic heterocycles. The van der Waals surface area contributed by atoms with Gasteiger partial charge in [-0.15, -0.1) is 0 Å². The predicted molar refractivity (Wildman–Crippen MR) is 77.2 cm³/mol. The molecule has 0 amide bonds. The number of esters is 1. The molecule has 2 N–H and O–H groups in total. The molecule has 3 unspecified atom stereocenters. The summed E-state index contributed by atoms with van der Waals surface area (Å²) in [5.41, 5.74) is 5.61. The topological polar surface area (TPSA) is 61.5 Å². The van der Waals surface area contributed by atoms with Gasteiger partial charge in [-0.25, -0.2) is 0 Å². The summed E-state index contributed by atoms with van der Waals surface area (Å²) >= 11 is 1.93. The van der Waals surface area contributed by atoms with Crippen molar-refractivity contribution in [3.05, 3.63) is 0 Å². The van der Waals surface area contributed by atoms with E-state index in [0.717, 1.165) is 30.8 Å². The van der Waals surface area contributed by atoms with Gasteiger partial charge in [-0.05, 0) is 51.7 Å². The molecule has 0 aliphatic carbocycles. The number of hydrogen-bond donors (Lipinski definition) is 1. The van der Waals surface area contributed by atoms with E-state index in [1.54, 1.807) is 0 Å². The van der Waals surface area contributed by atoms with E-state index in [2.05, 4.69) is 0 Å². The Morgan fingerprint density at radius 3 is 2.84 bits per heavy atom. The molecule has 2 aliphatic rings.